The van der Waals surface area contributed by atoms with Crippen molar-refractivity contribution in [2.75, 3.05) is 5.32 Å². The Morgan fingerprint density at radius 3 is 2.73 bits per heavy atom. The predicted octanol–water partition coefficient (Wildman–Crippen LogP) is 5.24. The van der Waals surface area contributed by atoms with E-state index >= 15 is 0 Å². The lowest BCUT2D eigenvalue weighted by Crippen LogP contribution is -2.14. The fourth-order valence-corrected chi connectivity index (χ4v) is 3.56. The lowest BCUT2D eigenvalue weighted by Gasteiger charge is -2.15. The van der Waals surface area contributed by atoms with Gasteiger partial charge in [0.25, 0.3) is 5.91 Å². The molecule has 0 aliphatic carbocycles. The molecule has 5 heteroatoms. The summed E-state index contributed by atoms with van der Waals surface area (Å²) in [6.45, 7) is 6.06. The number of hydrogen-bond donors (Lipinski definition) is 1. The van der Waals surface area contributed by atoms with E-state index in [1.807, 2.05) is 39.0 Å². The number of hydrogen-bond acceptors (Lipinski definition) is 3. The Bertz CT molecular complexity index is 886. The highest BCUT2D eigenvalue weighted by atomic mass is 79.9. The molecule has 0 saturated heterocycles. The van der Waals surface area contributed by atoms with Gasteiger partial charge in [-0.3, -0.25) is 4.79 Å². The summed E-state index contributed by atoms with van der Waals surface area (Å²) in [6, 6.07) is 7.64. The number of carbonyl (C=O) groups excluding carboxylic acids is 1. The van der Waals surface area contributed by atoms with Crippen molar-refractivity contribution in [1.82, 2.24) is 4.98 Å². The first-order chi connectivity index (χ1) is 10.5. The predicted molar refractivity (Wildman–Crippen MR) is 95.9 cm³/mol. The average molecular weight is 375 g/mol. The second kappa shape index (κ2) is 5.82. The van der Waals surface area contributed by atoms with E-state index in [0.29, 0.717) is 5.56 Å². The number of anilines is 1. The zero-order valence-electron chi connectivity index (χ0n) is 12.5. The summed E-state index contributed by atoms with van der Waals surface area (Å²) >= 11 is 5.12. The molecule has 2 aromatic carbocycles. The Balaban J connectivity index is 1.96. The van der Waals surface area contributed by atoms with E-state index < -0.39 is 0 Å². The molecule has 3 rings (SSSR count). The molecule has 3 nitrogen and oxygen atoms in total. The highest BCUT2D eigenvalue weighted by Crippen LogP contribution is 2.31. The van der Waals surface area contributed by atoms with E-state index in [2.05, 4.69) is 32.3 Å². The lowest BCUT2D eigenvalue weighted by atomic mass is 10.0. The van der Waals surface area contributed by atoms with Gasteiger partial charge < -0.3 is 5.32 Å². The van der Waals surface area contributed by atoms with Gasteiger partial charge in [-0.25, -0.2) is 4.98 Å². The van der Waals surface area contributed by atoms with Crippen molar-refractivity contribution < 1.29 is 4.79 Å². The molecule has 0 bridgehead atoms. The molecule has 1 heterocycles. The molecule has 0 unspecified atom stereocenters. The Kier molecular flexibility index (Phi) is 4.02. The number of benzene rings is 2. The molecule has 22 heavy (non-hydrogen) atoms. The van der Waals surface area contributed by atoms with Crippen LogP contribution in [0.5, 0.6) is 0 Å². The molecule has 0 atom stereocenters. The third-order valence-corrected chi connectivity index (χ3v) is 5.72. The van der Waals surface area contributed by atoms with Crippen molar-refractivity contribution in [2.24, 2.45) is 0 Å². The second-order valence-electron chi connectivity index (χ2n) is 5.31. The smallest absolute Gasteiger partial charge is 0.255 e. The first-order valence-corrected chi connectivity index (χ1v) is 8.55. The number of nitrogens with one attached hydrogen (secondary N) is 1. The fourth-order valence-electron chi connectivity index (χ4n) is 2.54. The van der Waals surface area contributed by atoms with Crippen LogP contribution in [0.25, 0.3) is 10.2 Å². The number of amides is 1. The van der Waals surface area contributed by atoms with Crippen LogP contribution in [0.4, 0.5) is 5.69 Å². The van der Waals surface area contributed by atoms with E-state index in [1.165, 1.54) is 16.9 Å². The monoisotopic (exact) mass is 374 g/mol. The molecule has 0 radical (unpaired) electrons. The Labute approximate surface area is 141 Å². The average Bonchev–Trinajstić information content (AvgIpc) is 2.96. The molecule has 112 valence electrons. The van der Waals surface area contributed by atoms with E-state index in [9.17, 15) is 4.79 Å². The Morgan fingerprint density at radius 2 is 1.95 bits per heavy atom. The number of aromatic nitrogens is 1. The Morgan fingerprint density at radius 1 is 1.18 bits per heavy atom. The highest BCUT2D eigenvalue weighted by molar-refractivity contribution is 9.10. The van der Waals surface area contributed by atoms with Gasteiger partial charge in [-0.2, -0.15) is 0 Å². The van der Waals surface area contributed by atoms with Crippen molar-refractivity contribution in [2.45, 2.75) is 20.8 Å². The number of nitrogens with zero attached hydrogens (tertiary/aromatic N) is 1. The van der Waals surface area contributed by atoms with Crippen LogP contribution in [0.2, 0.25) is 0 Å². The van der Waals surface area contributed by atoms with Crippen LogP contribution in [0, 0.1) is 20.8 Å². The van der Waals surface area contributed by atoms with Gasteiger partial charge in [0.15, 0.2) is 0 Å². The minimum absolute atomic E-state index is 0.0998. The van der Waals surface area contributed by atoms with Gasteiger partial charge >= 0.3 is 0 Å². The van der Waals surface area contributed by atoms with Crippen molar-refractivity contribution in [3.05, 3.63) is 56.5 Å². The number of rotatable bonds is 2. The highest BCUT2D eigenvalue weighted by Gasteiger charge is 2.14. The minimum atomic E-state index is -0.0998. The molecule has 0 aliphatic rings. The van der Waals surface area contributed by atoms with Gasteiger partial charge in [0.05, 0.1) is 15.7 Å². The van der Waals surface area contributed by atoms with E-state index in [0.717, 1.165) is 31.5 Å². The van der Waals surface area contributed by atoms with Gasteiger partial charge in [-0.1, -0.05) is 22.0 Å². The quantitative estimate of drug-likeness (QED) is 0.666. The van der Waals surface area contributed by atoms with Crippen LogP contribution in [0.15, 0.2) is 34.2 Å². The maximum Gasteiger partial charge on any atom is 0.255 e. The summed E-state index contributed by atoms with van der Waals surface area (Å²) in [5, 5.41) is 3.04. The van der Waals surface area contributed by atoms with Crippen LogP contribution < -0.4 is 5.32 Å². The number of thiazole rings is 1. The number of aryl methyl sites for hydroxylation is 2. The Hall–Kier alpha value is -1.72. The van der Waals surface area contributed by atoms with E-state index in [-0.39, 0.29) is 5.91 Å². The van der Waals surface area contributed by atoms with Crippen LogP contribution in [0.3, 0.4) is 0 Å². The summed E-state index contributed by atoms with van der Waals surface area (Å²) in [4.78, 5) is 16.8. The molecule has 3 aromatic rings. The van der Waals surface area contributed by atoms with Crippen molar-refractivity contribution in [3.63, 3.8) is 0 Å². The third-order valence-electron chi connectivity index (χ3n) is 3.71. The van der Waals surface area contributed by atoms with Crippen LogP contribution in [0.1, 0.15) is 27.0 Å². The third kappa shape index (κ3) is 2.66. The first kappa shape index (κ1) is 15.2. The summed E-state index contributed by atoms with van der Waals surface area (Å²) in [5.41, 5.74) is 7.50. The zero-order chi connectivity index (χ0) is 15.9. The van der Waals surface area contributed by atoms with Crippen LogP contribution in [-0.2, 0) is 0 Å². The summed E-state index contributed by atoms with van der Waals surface area (Å²) in [7, 11) is 0. The van der Waals surface area contributed by atoms with Gasteiger partial charge in [0, 0.05) is 15.7 Å². The number of carbonyl (C=O) groups is 1. The van der Waals surface area contributed by atoms with Crippen molar-refractivity contribution in [1.29, 1.82) is 0 Å². The van der Waals surface area contributed by atoms with Gasteiger partial charge in [0.1, 0.15) is 0 Å². The normalized spacial score (nSPS) is 10.9. The van der Waals surface area contributed by atoms with Crippen LogP contribution in [-0.4, -0.2) is 10.9 Å². The minimum Gasteiger partial charge on any atom is -0.321 e. The summed E-state index contributed by atoms with van der Waals surface area (Å²) < 4.78 is 2.05. The molecule has 1 N–H and O–H groups in total. The van der Waals surface area contributed by atoms with Gasteiger partial charge in [-0.15, -0.1) is 11.3 Å². The molecule has 0 aliphatic heterocycles. The van der Waals surface area contributed by atoms with Crippen LogP contribution >= 0.6 is 27.3 Å². The first-order valence-electron chi connectivity index (χ1n) is 6.88. The summed E-state index contributed by atoms with van der Waals surface area (Å²) in [6.07, 6.45) is 0. The topological polar surface area (TPSA) is 42.0 Å². The molecular formula is C17H15BrN2OS. The number of fused-ring (bicyclic) bond motifs is 1. The summed E-state index contributed by atoms with van der Waals surface area (Å²) in [5.74, 6) is -0.0998. The number of halogens is 1. The molecule has 1 aromatic heterocycles. The molecular weight excluding hydrogens is 360 g/mol. The maximum atomic E-state index is 12.5. The standard InChI is InChI=1S/C17H15BrN2OS/c1-9-6-10(2)16(11(3)15(9)18)20-17(21)12-4-5-13-14(7-12)22-8-19-13/h4-8H,1-3H3,(H,20,21). The molecule has 0 fully saturated rings. The zero-order valence-corrected chi connectivity index (χ0v) is 14.9. The lowest BCUT2D eigenvalue weighted by molar-refractivity contribution is 0.102. The van der Waals surface area contributed by atoms with Crippen molar-refractivity contribution in [3.8, 4) is 0 Å². The fraction of sp³-hybridized carbons (Fsp3) is 0.176. The van der Waals surface area contributed by atoms with E-state index in [1.54, 1.807) is 5.51 Å². The van der Waals surface area contributed by atoms with Gasteiger partial charge in [0.2, 0.25) is 0 Å². The van der Waals surface area contributed by atoms with E-state index in [4.69, 9.17) is 0 Å². The SMILES string of the molecule is Cc1cc(C)c(NC(=O)c2ccc3ncsc3c2)c(C)c1Br. The molecule has 0 saturated carbocycles. The molecule has 0 spiro atoms. The van der Waals surface area contributed by atoms with Gasteiger partial charge in [-0.05, 0) is 55.7 Å². The largest absolute Gasteiger partial charge is 0.321 e. The maximum absolute atomic E-state index is 12.5. The molecule has 1 amide bonds. The second-order valence-corrected chi connectivity index (χ2v) is 6.99. The van der Waals surface area contributed by atoms with Crippen molar-refractivity contribution >= 4 is 49.1 Å².